The second-order valence-corrected chi connectivity index (χ2v) is 7.29. The van der Waals surface area contributed by atoms with Gasteiger partial charge < -0.3 is 5.73 Å². The third-order valence-corrected chi connectivity index (χ3v) is 6.28. The number of pyridine rings is 1. The highest BCUT2D eigenvalue weighted by Crippen LogP contribution is 2.29. The minimum absolute atomic E-state index is 0.266. The largest absolute Gasteiger partial charge is 0.329 e. The molecule has 2 rings (SSSR count). The van der Waals surface area contributed by atoms with E-state index in [1.54, 1.807) is 43.6 Å². The summed E-state index contributed by atoms with van der Waals surface area (Å²) in [6.45, 7) is 4.06. The predicted octanol–water partition coefficient (Wildman–Crippen LogP) is 1.98. The number of nitrogens with two attached hydrogens (primary N) is 1. The van der Waals surface area contributed by atoms with Crippen LogP contribution in [0.25, 0.3) is 10.9 Å². The number of hydrogen-bond donors (Lipinski definition) is 1. The van der Waals surface area contributed by atoms with Crippen LogP contribution >= 0.6 is 0 Å². The molecular formula is C15H21N3O2S. The maximum Gasteiger partial charge on any atom is 0.244 e. The van der Waals surface area contributed by atoms with Gasteiger partial charge in [0.2, 0.25) is 10.0 Å². The molecule has 0 aliphatic heterocycles. The molecule has 1 unspecified atom stereocenters. The molecule has 1 atom stereocenters. The summed E-state index contributed by atoms with van der Waals surface area (Å²) in [5, 5.41) is 0.627. The van der Waals surface area contributed by atoms with Crippen molar-refractivity contribution in [2.75, 3.05) is 13.6 Å². The number of hydrogen-bond acceptors (Lipinski definition) is 4. The molecule has 1 aromatic heterocycles. The van der Waals surface area contributed by atoms with Gasteiger partial charge in [-0.2, -0.15) is 4.31 Å². The van der Waals surface area contributed by atoms with Crippen LogP contribution in [0.1, 0.15) is 20.3 Å². The lowest BCUT2D eigenvalue weighted by atomic mass is 10.00. The molecule has 5 nitrogen and oxygen atoms in total. The number of likely N-dealkylation sites (N-methyl/N-ethyl adjacent to an activating group) is 1. The van der Waals surface area contributed by atoms with Gasteiger partial charge >= 0.3 is 0 Å². The fraction of sp³-hybridized carbons (Fsp3) is 0.400. The first-order chi connectivity index (χ1) is 9.86. The van der Waals surface area contributed by atoms with Crippen LogP contribution in [-0.4, -0.2) is 36.8 Å². The maximum absolute atomic E-state index is 13.0. The first-order valence-corrected chi connectivity index (χ1v) is 8.33. The van der Waals surface area contributed by atoms with Gasteiger partial charge in [-0.05, 0) is 37.6 Å². The van der Waals surface area contributed by atoms with Crippen molar-refractivity contribution in [2.24, 2.45) is 5.73 Å². The summed E-state index contributed by atoms with van der Waals surface area (Å²) in [5.74, 6) is 0. The van der Waals surface area contributed by atoms with Gasteiger partial charge in [0, 0.05) is 30.7 Å². The minimum Gasteiger partial charge on any atom is -0.329 e. The summed E-state index contributed by atoms with van der Waals surface area (Å²) in [7, 11) is -2.05. The fourth-order valence-corrected chi connectivity index (χ4v) is 4.01. The molecule has 6 heteroatoms. The van der Waals surface area contributed by atoms with Crippen molar-refractivity contribution in [3.05, 3.63) is 36.5 Å². The van der Waals surface area contributed by atoms with E-state index in [1.165, 1.54) is 4.31 Å². The molecule has 2 N–H and O–H groups in total. The van der Waals surface area contributed by atoms with Gasteiger partial charge in [0.1, 0.15) is 0 Å². The summed E-state index contributed by atoms with van der Waals surface area (Å²) in [6.07, 6.45) is 2.29. The van der Waals surface area contributed by atoms with Gasteiger partial charge in [-0.15, -0.1) is 0 Å². The zero-order valence-electron chi connectivity index (χ0n) is 12.6. The van der Waals surface area contributed by atoms with Crippen LogP contribution in [0.5, 0.6) is 0 Å². The van der Waals surface area contributed by atoms with E-state index in [-0.39, 0.29) is 11.4 Å². The Morgan fingerprint density at radius 1 is 1.29 bits per heavy atom. The normalized spacial score (nSPS) is 15.3. The predicted molar refractivity (Wildman–Crippen MR) is 84.4 cm³/mol. The van der Waals surface area contributed by atoms with E-state index in [2.05, 4.69) is 4.98 Å². The summed E-state index contributed by atoms with van der Waals surface area (Å²) < 4.78 is 27.3. The Balaban J connectivity index is 2.62. The van der Waals surface area contributed by atoms with Gasteiger partial charge in [-0.1, -0.05) is 13.0 Å². The van der Waals surface area contributed by atoms with Crippen molar-refractivity contribution in [1.29, 1.82) is 0 Å². The Bertz CT molecular complexity index is 734. The highest BCUT2D eigenvalue weighted by molar-refractivity contribution is 7.89. The van der Waals surface area contributed by atoms with Gasteiger partial charge in [0.15, 0.2) is 0 Å². The van der Waals surface area contributed by atoms with Crippen molar-refractivity contribution in [3.63, 3.8) is 0 Å². The van der Waals surface area contributed by atoms with Crippen LogP contribution in [0.2, 0.25) is 0 Å². The van der Waals surface area contributed by atoms with Gasteiger partial charge in [0.05, 0.1) is 10.4 Å². The number of nitrogens with zero attached hydrogens (tertiary/aromatic N) is 2. The molecule has 0 saturated carbocycles. The number of rotatable bonds is 5. The van der Waals surface area contributed by atoms with Crippen LogP contribution in [0, 0.1) is 0 Å². The van der Waals surface area contributed by atoms with Crippen LogP contribution in [-0.2, 0) is 10.0 Å². The van der Waals surface area contributed by atoms with Crippen LogP contribution < -0.4 is 5.73 Å². The van der Waals surface area contributed by atoms with E-state index < -0.39 is 15.6 Å². The third kappa shape index (κ3) is 2.66. The van der Waals surface area contributed by atoms with Crippen molar-refractivity contribution in [3.8, 4) is 0 Å². The maximum atomic E-state index is 13.0. The van der Waals surface area contributed by atoms with E-state index in [0.29, 0.717) is 17.3 Å². The Labute approximate surface area is 125 Å². The first kappa shape index (κ1) is 15.9. The second-order valence-electron chi connectivity index (χ2n) is 5.35. The topological polar surface area (TPSA) is 76.3 Å². The zero-order valence-corrected chi connectivity index (χ0v) is 13.4. The molecule has 2 aromatic rings. The van der Waals surface area contributed by atoms with Crippen LogP contribution in [0.3, 0.4) is 0 Å². The molecule has 114 valence electrons. The average molecular weight is 307 g/mol. The van der Waals surface area contributed by atoms with Crippen LogP contribution in [0.15, 0.2) is 41.4 Å². The molecule has 0 bridgehead atoms. The molecular weight excluding hydrogens is 286 g/mol. The van der Waals surface area contributed by atoms with Gasteiger partial charge in [-0.25, -0.2) is 8.42 Å². The first-order valence-electron chi connectivity index (χ1n) is 6.89. The standard InChI is InChI=1S/C15H21N3O2S/c1-4-15(2,11-16)18(3)21(19,20)14-9-5-8-13-12(14)7-6-10-17-13/h5-10H,4,11,16H2,1-3H3. The summed E-state index contributed by atoms with van der Waals surface area (Å²) in [4.78, 5) is 4.48. The molecule has 1 heterocycles. The number of fused-ring (bicyclic) bond motifs is 1. The van der Waals surface area contributed by atoms with E-state index in [9.17, 15) is 8.42 Å². The van der Waals surface area contributed by atoms with Gasteiger partial charge in [-0.3, -0.25) is 4.98 Å². The Kier molecular flexibility index (Phi) is 4.32. The third-order valence-electron chi connectivity index (χ3n) is 4.21. The van der Waals surface area contributed by atoms with E-state index in [1.807, 2.05) is 13.8 Å². The van der Waals surface area contributed by atoms with Crippen LogP contribution in [0.4, 0.5) is 0 Å². The van der Waals surface area contributed by atoms with E-state index >= 15 is 0 Å². The lowest BCUT2D eigenvalue weighted by Gasteiger charge is -2.36. The number of sulfonamides is 1. The Morgan fingerprint density at radius 3 is 2.62 bits per heavy atom. The molecule has 0 spiro atoms. The lowest BCUT2D eigenvalue weighted by molar-refractivity contribution is 0.240. The molecule has 0 amide bonds. The molecule has 1 aromatic carbocycles. The van der Waals surface area contributed by atoms with E-state index in [4.69, 9.17) is 5.73 Å². The van der Waals surface area contributed by atoms with Crippen molar-refractivity contribution >= 4 is 20.9 Å². The van der Waals surface area contributed by atoms with Crippen molar-refractivity contribution in [1.82, 2.24) is 9.29 Å². The minimum atomic E-state index is -3.63. The Morgan fingerprint density at radius 2 is 2.00 bits per heavy atom. The summed E-state index contributed by atoms with van der Waals surface area (Å²) in [6, 6.07) is 8.64. The van der Waals surface area contributed by atoms with Crippen molar-refractivity contribution in [2.45, 2.75) is 30.7 Å². The summed E-state index contributed by atoms with van der Waals surface area (Å²) >= 11 is 0. The SMILES string of the molecule is CCC(C)(CN)N(C)S(=O)(=O)c1cccc2ncccc12. The number of aromatic nitrogens is 1. The summed E-state index contributed by atoms with van der Waals surface area (Å²) in [5.41, 5.74) is 5.84. The lowest BCUT2D eigenvalue weighted by Crippen LogP contribution is -2.51. The second kappa shape index (κ2) is 5.71. The van der Waals surface area contributed by atoms with E-state index in [0.717, 1.165) is 0 Å². The average Bonchev–Trinajstić information content (AvgIpc) is 2.52. The molecule has 0 saturated heterocycles. The fourth-order valence-electron chi connectivity index (χ4n) is 2.23. The smallest absolute Gasteiger partial charge is 0.244 e. The zero-order chi connectivity index (χ0) is 15.7. The number of benzene rings is 1. The highest BCUT2D eigenvalue weighted by Gasteiger charge is 2.36. The van der Waals surface area contributed by atoms with Crippen molar-refractivity contribution < 1.29 is 8.42 Å². The molecule has 0 radical (unpaired) electrons. The monoisotopic (exact) mass is 307 g/mol. The molecule has 0 aliphatic carbocycles. The Hall–Kier alpha value is -1.50. The highest BCUT2D eigenvalue weighted by atomic mass is 32.2. The van der Waals surface area contributed by atoms with Gasteiger partial charge in [0.25, 0.3) is 0 Å². The molecule has 21 heavy (non-hydrogen) atoms. The molecule has 0 fully saturated rings. The molecule has 0 aliphatic rings. The quantitative estimate of drug-likeness (QED) is 0.916.